The molecule has 0 fully saturated rings. The summed E-state index contributed by atoms with van der Waals surface area (Å²) in [5, 5.41) is 11.6. The molecule has 0 aliphatic heterocycles. The van der Waals surface area contributed by atoms with E-state index in [1.54, 1.807) is 34.0 Å². The zero-order valence-electron chi connectivity index (χ0n) is 19.1. The number of hydrogen-bond acceptors (Lipinski definition) is 5. The number of halogens is 3. The molecule has 0 saturated heterocycles. The number of nitrogens with zero attached hydrogens (tertiary/aromatic N) is 2. The molecular weight excluding hydrogens is 451 g/mol. The molecule has 0 radical (unpaired) electrons. The number of alkyl halides is 3. The number of carbonyl (C=O) groups is 2. The Kier molecular flexibility index (Phi) is 8.67. The van der Waals surface area contributed by atoms with Gasteiger partial charge >= 0.3 is 6.18 Å². The molecule has 0 aliphatic rings. The van der Waals surface area contributed by atoms with Gasteiger partial charge in [-0.3, -0.25) is 9.59 Å². The molecule has 10 heteroatoms. The summed E-state index contributed by atoms with van der Waals surface area (Å²) in [5.41, 5.74) is -1.52. The summed E-state index contributed by atoms with van der Waals surface area (Å²) >= 11 is 0. The van der Waals surface area contributed by atoms with Gasteiger partial charge in [0, 0.05) is 14.1 Å². The smallest absolute Gasteiger partial charge is 0.418 e. The van der Waals surface area contributed by atoms with Gasteiger partial charge in [0.05, 0.1) is 17.9 Å². The van der Waals surface area contributed by atoms with E-state index in [1.807, 2.05) is 0 Å². The van der Waals surface area contributed by atoms with Gasteiger partial charge in [-0.15, -0.1) is 0 Å². The zero-order valence-corrected chi connectivity index (χ0v) is 19.1. The van der Waals surface area contributed by atoms with E-state index >= 15 is 0 Å². The van der Waals surface area contributed by atoms with Crippen LogP contribution in [0.25, 0.3) is 6.08 Å². The standard InChI is InChI=1S/C24H24F3N3O4/c1-5-33-21-13-16(10-11-20(21)34-15(2)23(32)30(3)4)12-17(14-28)22(31)29-19-9-7-6-8-18(19)24(25,26)27/h6-13,15H,5H2,1-4H3,(H,29,31)/b17-12+. The van der Waals surface area contributed by atoms with E-state index in [2.05, 4.69) is 5.32 Å². The van der Waals surface area contributed by atoms with Crippen LogP contribution in [0.1, 0.15) is 25.0 Å². The van der Waals surface area contributed by atoms with Gasteiger partial charge in [-0.1, -0.05) is 18.2 Å². The van der Waals surface area contributed by atoms with Crippen LogP contribution in [-0.2, 0) is 15.8 Å². The molecule has 1 unspecified atom stereocenters. The van der Waals surface area contributed by atoms with Crippen molar-refractivity contribution in [3.8, 4) is 17.6 Å². The Morgan fingerprint density at radius 2 is 1.85 bits per heavy atom. The maximum absolute atomic E-state index is 13.2. The predicted molar refractivity (Wildman–Crippen MR) is 120 cm³/mol. The lowest BCUT2D eigenvalue weighted by Crippen LogP contribution is -2.35. The second-order valence-corrected chi connectivity index (χ2v) is 7.30. The third-order valence-corrected chi connectivity index (χ3v) is 4.52. The topological polar surface area (TPSA) is 91.7 Å². The third kappa shape index (κ3) is 6.75. The Bertz CT molecular complexity index is 1120. The van der Waals surface area contributed by atoms with Crippen molar-refractivity contribution in [1.82, 2.24) is 4.90 Å². The van der Waals surface area contributed by atoms with E-state index < -0.39 is 35.0 Å². The molecule has 0 aromatic heterocycles. The Morgan fingerprint density at radius 1 is 1.18 bits per heavy atom. The molecule has 0 saturated carbocycles. The molecule has 0 spiro atoms. The molecule has 2 aromatic rings. The molecule has 180 valence electrons. The molecule has 34 heavy (non-hydrogen) atoms. The first-order valence-electron chi connectivity index (χ1n) is 10.2. The highest BCUT2D eigenvalue weighted by Gasteiger charge is 2.33. The number of nitriles is 1. The highest BCUT2D eigenvalue weighted by molar-refractivity contribution is 6.10. The van der Waals surface area contributed by atoms with Crippen LogP contribution in [0.15, 0.2) is 48.0 Å². The average molecular weight is 475 g/mol. The van der Waals surface area contributed by atoms with Crippen molar-refractivity contribution in [2.24, 2.45) is 0 Å². The number of hydrogen-bond donors (Lipinski definition) is 1. The number of amides is 2. The van der Waals surface area contributed by atoms with Crippen LogP contribution in [0.4, 0.5) is 18.9 Å². The zero-order chi connectivity index (χ0) is 25.5. The summed E-state index contributed by atoms with van der Waals surface area (Å²) in [7, 11) is 3.20. The van der Waals surface area contributed by atoms with E-state index in [4.69, 9.17) is 9.47 Å². The Morgan fingerprint density at radius 3 is 2.44 bits per heavy atom. The van der Waals surface area contributed by atoms with Crippen molar-refractivity contribution < 1.29 is 32.2 Å². The fourth-order valence-electron chi connectivity index (χ4n) is 2.93. The van der Waals surface area contributed by atoms with Gasteiger partial charge in [0.2, 0.25) is 0 Å². The van der Waals surface area contributed by atoms with Crippen molar-refractivity contribution in [2.45, 2.75) is 26.1 Å². The number of anilines is 1. The average Bonchev–Trinajstić information content (AvgIpc) is 2.78. The molecule has 2 amide bonds. The lowest BCUT2D eigenvalue weighted by atomic mass is 10.1. The summed E-state index contributed by atoms with van der Waals surface area (Å²) in [6.45, 7) is 3.61. The first kappa shape index (κ1) is 26.3. The minimum Gasteiger partial charge on any atom is -0.490 e. The van der Waals surface area contributed by atoms with Crippen LogP contribution in [0, 0.1) is 11.3 Å². The highest BCUT2D eigenvalue weighted by atomic mass is 19.4. The Hall–Kier alpha value is -4.00. The molecule has 0 heterocycles. The number of ether oxygens (including phenoxy) is 2. The van der Waals surface area contributed by atoms with Crippen LogP contribution in [0.3, 0.4) is 0 Å². The van der Waals surface area contributed by atoms with Gasteiger partial charge in [0.1, 0.15) is 11.6 Å². The summed E-state index contributed by atoms with van der Waals surface area (Å²) in [6, 6.07) is 10.7. The number of likely N-dealkylation sites (N-methyl/N-ethyl adjacent to an activating group) is 1. The van der Waals surface area contributed by atoms with Gasteiger partial charge in [-0.25, -0.2) is 0 Å². The van der Waals surface area contributed by atoms with E-state index in [1.165, 1.54) is 41.3 Å². The monoisotopic (exact) mass is 475 g/mol. The fourth-order valence-corrected chi connectivity index (χ4v) is 2.93. The van der Waals surface area contributed by atoms with Crippen molar-refractivity contribution in [3.63, 3.8) is 0 Å². The van der Waals surface area contributed by atoms with Crippen LogP contribution >= 0.6 is 0 Å². The second-order valence-electron chi connectivity index (χ2n) is 7.30. The number of benzene rings is 2. The first-order valence-corrected chi connectivity index (χ1v) is 10.2. The maximum atomic E-state index is 13.2. The third-order valence-electron chi connectivity index (χ3n) is 4.52. The van der Waals surface area contributed by atoms with Crippen molar-refractivity contribution in [3.05, 3.63) is 59.2 Å². The molecule has 0 bridgehead atoms. The lowest BCUT2D eigenvalue weighted by Gasteiger charge is -2.20. The van der Waals surface area contributed by atoms with E-state index in [0.29, 0.717) is 5.56 Å². The van der Waals surface area contributed by atoms with Gasteiger partial charge in [-0.2, -0.15) is 18.4 Å². The predicted octanol–water partition coefficient (Wildman–Crippen LogP) is 4.51. The molecule has 1 N–H and O–H groups in total. The molecule has 7 nitrogen and oxygen atoms in total. The van der Waals surface area contributed by atoms with Crippen molar-refractivity contribution in [1.29, 1.82) is 5.26 Å². The van der Waals surface area contributed by atoms with Crippen LogP contribution in [0.5, 0.6) is 11.5 Å². The van der Waals surface area contributed by atoms with Gasteiger partial charge in [-0.05, 0) is 49.8 Å². The molecule has 0 aliphatic carbocycles. The maximum Gasteiger partial charge on any atom is 0.418 e. The summed E-state index contributed by atoms with van der Waals surface area (Å²) in [5.74, 6) is -0.699. The Labute approximate surface area is 195 Å². The van der Waals surface area contributed by atoms with Gasteiger partial charge in [0.15, 0.2) is 17.6 Å². The lowest BCUT2D eigenvalue weighted by molar-refractivity contribution is -0.137. The van der Waals surface area contributed by atoms with Crippen LogP contribution in [0.2, 0.25) is 0 Å². The second kappa shape index (κ2) is 11.2. The van der Waals surface area contributed by atoms with Gasteiger partial charge < -0.3 is 19.7 Å². The van der Waals surface area contributed by atoms with E-state index in [9.17, 15) is 28.0 Å². The van der Waals surface area contributed by atoms with Crippen LogP contribution < -0.4 is 14.8 Å². The number of carbonyl (C=O) groups excluding carboxylic acids is 2. The highest BCUT2D eigenvalue weighted by Crippen LogP contribution is 2.35. The Balaban J connectivity index is 2.32. The van der Waals surface area contributed by atoms with Crippen molar-refractivity contribution >= 4 is 23.6 Å². The largest absolute Gasteiger partial charge is 0.490 e. The summed E-state index contributed by atoms with van der Waals surface area (Å²) in [6.07, 6.45) is -4.25. The SMILES string of the molecule is CCOc1cc(/C=C(\C#N)C(=O)Nc2ccccc2C(F)(F)F)ccc1OC(C)C(=O)N(C)C. The van der Waals surface area contributed by atoms with Gasteiger partial charge in [0.25, 0.3) is 11.8 Å². The molecule has 2 aromatic carbocycles. The minimum atomic E-state index is -4.67. The van der Waals surface area contributed by atoms with E-state index in [0.717, 1.165) is 12.1 Å². The number of nitrogens with one attached hydrogen (secondary N) is 1. The number of rotatable bonds is 8. The summed E-state index contributed by atoms with van der Waals surface area (Å²) in [4.78, 5) is 26.0. The normalized spacial score (nSPS) is 12.4. The summed E-state index contributed by atoms with van der Waals surface area (Å²) < 4.78 is 50.8. The molecule has 1 atom stereocenters. The van der Waals surface area contributed by atoms with Crippen molar-refractivity contribution in [2.75, 3.05) is 26.0 Å². The quantitative estimate of drug-likeness (QED) is 0.448. The van der Waals surface area contributed by atoms with Crippen LogP contribution in [-0.4, -0.2) is 43.5 Å². The first-order chi connectivity index (χ1) is 16.0. The van der Waals surface area contributed by atoms with E-state index in [-0.39, 0.29) is 24.0 Å². The fraction of sp³-hybridized carbons (Fsp3) is 0.292. The number of para-hydroxylation sites is 1. The minimum absolute atomic E-state index is 0.256. The molecule has 2 rings (SSSR count). The molecular formula is C24H24F3N3O4.